The van der Waals surface area contributed by atoms with Crippen LogP contribution in [0.25, 0.3) is 0 Å². The van der Waals surface area contributed by atoms with E-state index in [2.05, 4.69) is 31.6 Å². The Kier molecular flexibility index (Phi) is 13.6. The van der Waals surface area contributed by atoms with Crippen LogP contribution in [0.1, 0.15) is 67.4 Å². The molecule has 340 valence electrons. The van der Waals surface area contributed by atoms with E-state index in [1.54, 1.807) is 50.4 Å². The third kappa shape index (κ3) is 9.69. The van der Waals surface area contributed by atoms with Gasteiger partial charge in [-0.25, -0.2) is 21.6 Å². The number of amides is 2. The van der Waals surface area contributed by atoms with Crippen LogP contribution < -0.4 is 14.4 Å². The molecular formula is C47H60ClN5O8S2. The van der Waals surface area contributed by atoms with Crippen LogP contribution in [0.4, 0.5) is 10.5 Å². The van der Waals surface area contributed by atoms with E-state index in [1.165, 1.54) is 17.0 Å². The van der Waals surface area contributed by atoms with E-state index in [0.717, 1.165) is 62.0 Å². The summed E-state index contributed by atoms with van der Waals surface area (Å²) in [6, 6.07) is 18.9. The van der Waals surface area contributed by atoms with Gasteiger partial charge in [-0.05, 0) is 117 Å². The van der Waals surface area contributed by atoms with Crippen LogP contribution in [0.5, 0.6) is 5.75 Å². The molecule has 1 saturated carbocycles. The Morgan fingerprint density at radius 1 is 0.937 bits per heavy atom. The topological polar surface area (TPSA) is 146 Å². The molecule has 3 fully saturated rings. The third-order valence-corrected chi connectivity index (χ3v) is 18.1. The highest BCUT2D eigenvalue weighted by molar-refractivity contribution is 8.06. The van der Waals surface area contributed by atoms with Crippen molar-refractivity contribution in [3.8, 4) is 5.75 Å². The van der Waals surface area contributed by atoms with Gasteiger partial charge in [0.2, 0.25) is 10.0 Å². The molecule has 4 heterocycles. The molecule has 4 aliphatic heterocycles. The van der Waals surface area contributed by atoms with Crippen LogP contribution in [0.2, 0.25) is 5.02 Å². The number of hydrogen-bond acceptors (Lipinski definition) is 11. The first kappa shape index (κ1) is 45.6. The van der Waals surface area contributed by atoms with Crippen LogP contribution in [-0.4, -0.2) is 126 Å². The number of carbonyl (C=O) groups is 2. The van der Waals surface area contributed by atoms with Crippen LogP contribution in [0.15, 0.2) is 83.8 Å². The van der Waals surface area contributed by atoms with Gasteiger partial charge in [0.15, 0.2) is 0 Å². The lowest BCUT2D eigenvalue weighted by Crippen LogP contribution is -2.65. The lowest BCUT2D eigenvalue weighted by Gasteiger charge is -2.53. The van der Waals surface area contributed by atoms with Crippen molar-refractivity contribution < 1.29 is 35.9 Å². The van der Waals surface area contributed by atoms with Gasteiger partial charge in [-0.15, -0.1) is 0 Å². The minimum absolute atomic E-state index is 0.00215. The molecule has 16 heteroatoms. The standard InChI is InChI=1S/C47H60ClN5O8S2/c1-33-10-9-20-47(60-3,32-50-22-23-51-24-25-53(30-40(51)29-50)46(55)62(56,57)41-12-5-4-6-13-41)42-18-15-37(42)28-52-21-8-7-11-35-26-39(48)17-14-38(35)31-61-44-19-16-36(27-43(44)52)45(54)49-63(58,59)34(33)2/h4-6,9,12-14,16-17,19-20,26-27,33-34,37,40,42H,7-8,10-11,15,18,21-25,28-32H2,1-3H3,(H,49,54)/b20-9+/t33-,34+,37-,40-,42+,47+/m0/s1. The number of rotatable bonds is 4. The lowest BCUT2D eigenvalue weighted by molar-refractivity contribution is -0.101. The Labute approximate surface area is 377 Å². The van der Waals surface area contributed by atoms with Crippen molar-refractivity contribution in [3.05, 3.63) is 101 Å². The molecule has 2 saturated heterocycles. The van der Waals surface area contributed by atoms with Crippen LogP contribution in [0.3, 0.4) is 0 Å². The number of allylic oxidation sites excluding steroid dienone is 1. The Morgan fingerprint density at radius 3 is 2.49 bits per heavy atom. The Bertz CT molecular complexity index is 2420. The summed E-state index contributed by atoms with van der Waals surface area (Å²) in [7, 11) is -6.46. The van der Waals surface area contributed by atoms with E-state index in [0.29, 0.717) is 69.6 Å². The molecule has 8 rings (SSSR count). The number of nitrogens with one attached hydrogen (secondary N) is 1. The normalized spacial score (nSPS) is 29.0. The molecule has 1 aliphatic carbocycles. The molecule has 13 nitrogen and oxygen atoms in total. The zero-order chi connectivity index (χ0) is 44.5. The number of fused-ring (bicyclic) bond motifs is 4. The van der Waals surface area contributed by atoms with E-state index < -0.39 is 41.9 Å². The van der Waals surface area contributed by atoms with E-state index >= 15 is 0 Å². The first-order chi connectivity index (χ1) is 30.2. The average Bonchev–Trinajstić information content (AvgIpc) is 3.29. The maximum absolute atomic E-state index is 13.7. The fraction of sp³-hybridized carbons (Fsp3) is 0.532. The zero-order valence-electron chi connectivity index (χ0n) is 36.5. The Balaban J connectivity index is 1.09. The fourth-order valence-corrected chi connectivity index (χ4v) is 12.9. The van der Waals surface area contributed by atoms with Crippen molar-refractivity contribution in [1.29, 1.82) is 0 Å². The minimum atomic E-state index is -4.17. The van der Waals surface area contributed by atoms with Crippen molar-refractivity contribution in [1.82, 2.24) is 19.4 Å². The number of sulfone groups is 1. The summed E-state index contributed by atoms with van der Waals surface area (Å²) in [4.78, 5) is 35.8. The molecule has 3 aromatic rings. The van der Waals surface area contributed by atoms with Gasteiger partial charge >= 0.3 is 5.24 Å². The number of anilines is 1. The number of hydrogen-bond donors (Lipinski definition) is 1. The summed E-state index contributed by atoms with van der Waals surface area (Å²) < 4.78 is 69.8. The van der Waals surface area contributed by atoms with E-state index in [-0.39, 0.29) is 34.3 Å². The molecule has 2 bridgehead atoms. The molecule has 0 spiro atoms. The number of sulfonamides is 1. The van der Waals surface area contributed by atoms with Gasteiger partial charge in [-0.1, -0.05) is 54.9 Å². The number of halogens is 1. The molecule has 0 aromatic heterocycles. The van der Waals surface area contributed by atoms with Gasteiger partial charge in [0.1, 0.15) is 18.0 Å². The van der Waals surface area contributed by atoms with Crippen molar-refractivity contribution in [2.24, 2.45) is 17.8 Å². The van der Waals surface area contributed by atoms with Gasteiger partial charge in [-0.3, -0.25) is 19.4 Å². The zero-order valence-corrected chi connectivity index (χ0v) is 38.8. The van der Waals surface area contributed by atoms with Crippen molar-refractivity contribution in [2.75, 3.05) is 70.9 Å². The van der Waals surface area contributed by atoms with Gasteiger partial charge in [0, 0.05) is 82.6 Å². The van der Waals surface area contributed by atoms with Crippen molar-refractivity contribution in [3.63, 3.8) is 0 Å². The minimum Gasteiger partial charge on any atom is -0.487 e. The summed E-state index contributed by atoms with van der Waals surface area (Å²) in [5.74, 6) is -0.0395. The second-order valence-electron chi connectivity index (χ2n) is 18.1. The molecular weight excluding hydrogens is 862 g/mol. The molecule has 63 heavy (non-hydrogen) atoms. The van der Waals surface area contributed by atoms with Gasteiger partial charge in [0.25, 0.3) is 15.7 Å². The molecule has 5 aliphatic rings. The van der Waals surface area contributed by atoms with Crippen molar-refractivity contribution in [2.45, 2.75) is 80.8 Å². The van der Waals surface area contributed by atoms with E-state index in [4.69, 9.17) is 21.1 Å². The number of ether oxygens (including phenoxy) is 2. The second kappa shape index (κ2) is 18.9. The highest BCUT2D eigenvalue weighted by Crippen LogP contribution is 2.47. The molecule has 1 N–H and O–H groups in total. The van der Waals surface area contributed by atoms with Crippen molar-refractivity contribution >= 4 is 48.3 Å². The lowest BCUT2D eigenvalue weighted by atomic mass is 9.63. The predicted molar refractivity (Wildman–Crippen MR) is 244 cm³/mol. The number of carbonyl (C=O) groups excluding carboxylic acids is 2. The quantitative estimate of drug-likeness (QED) is 0.290. The molecule has 2 amide bonds. The summed E-state index contributed by atoms with van der Waals surface area (Å²) in [6.07, 6.45) is 9.22. The maximum atomic E-state index is 13.7. The van der Waals surface area contributed by atoms with Crippen LogP contribution in [-0.2, 0) is 37.6 Å². The third-order valence-electron chi connectivity index (χ3n) is 14.3. The van der Waals surface area contributed by atoms with Crippen LogP contribution >= 0.6 is 11.6 Å². The smallest absolute Gasteiger partial charge is 0.343 e. The highest BCUT2D eigenvalue weighted by Gasteiger charge is 2.49. The average molecular weight is 923 g/mol. The van der Waals surface area contributed by atoms with E-state index in [9.17, 15) is 26.4 Å². The Morgan fingerprint density at radius 2 is 1.73 bits per heavy atom. The number of nitrogens with zero attached hydrogens (tertiary/aromatic N) is 4. The van der Waals surface area contributed by atoms with E-state index in [1.807, 2.05) is 25.1 Å². The number of aryl methyl sites for hydroxylation is 1. The second-order valence-corrected chi connectivity index (χ2v) is 22.4. The first-order valence-corrected chi connectivity index (χ1v) is 25.7. The Hall–Kier alpha value is -3.99. The van der Waals surface area contributed by atoms with Crippen LogP contribution in [0, 0.1) is 17.8 Å². The van der Waals surface area contributed by atoms with Gasteiger partial charge in [-0.2, -0.15) is 0 Å². The van der Waals surface area contributed by atoms with Gasteiger partial charge < -0.3 is 19.3 Å². The summed E-state index contributed by atoms with van der Waals surface area (Å²) >= 11 is 6.43. The number of benzene rings is 3. The molecule has 0 radical (unpaired) electrons. The van der Waals surface area contributed by atoms with Gasteiger partial charge in [0.05, 0.1) is 15.8 Å². The monoisotopic (exact) mass is 921 g/mol. The fourth-order valence-electron chi connectivity index (χ4n) is 10.2. The summed E-state index contributed by atoms with van der Waals surface area (Å²) in [5, 5.41) is -1.04. The highest BCUT2D eigenvalue weighted by atomic mass is 35.5. The molecule has 0 unspecified atom stereocenters. The number of methoxy groups -OCH3 is 1. The molecule has 3 aromatic carbocycles. The largest absolute Gasteiger partial charge is 0.487 e. The predicted octanol–water partition coefficient (Wildman–Crippen LogP) is 6.41. The maximum Gasteiger partial charge on any atom is 0.343 e. The first-order valence-electron chi connectivity index (χ1n) is 22.3. The number of piperazine rings is 2. The molecule has 6 atom stereocenters. The summed E-state index contributed by atoms with van der Waals surface area (Å²) in [6.45, 7) is 9.22. The summed E-state index contributed by atoms with van der Waals surface area (Å²) in [5.41, 5.74) is 2.46. The SMILES string of the molecule is CO[C@@]1(CN2CCN3CCN(C(=O)S(=O)(=O)c4ccccc4)C[C@@H]3C2)/C=C/C[C@H](C)[C@@H](C)S(=O)(=O)NC(=O)c2ccc3c(c2)N(CCCCc2cc(Cl)ccc2CO3)C[C@@H]2CC[C@H]21.